The maximum atomic E-state index is 10.3. The number of carboxylic acid groups (broad SMARTS) is 1. The summed E-state index contributed by atoms with van der Waals surface area (Å²) < 4.78 is 6.28. The highest BCUT2D eigenvalue weighted by atomic mass is 79.9. The van der Waals surface area contributed by atoms with Gasteiger partial charge in [0.25, 0.3) is 0 Å². The molecule has 1 aliphatic carbocycles. The lowest BCUT2D eigenvalue weighted by molar-refractivity contribution is -0.146. The summed E-state index contributed by atoms with van der Waals surface area (Å²) in [6, 6.07) is 8.26. The molecule has 0 bridgehead atoms. The molecule has 1 aliphatic rings. The second-order valence-electron chi connectivity index (χ2n) is 4.05. The van der Waals surface area contributed by atoms with Crippen molar-refractivity contribution in [2.24, 2.45) is 0 Å². The van der Waals surface area contributed by atoms with E-state index in [1.807, 2.05) is 12.1 Å². The zero-order valence-corrected chi connectivity index (χ0v) is 10.3. The molecular formula is C12H13BrO3. The summed E-state index contributed by atoms with van der Waals surface area (Å²) in [6.07, 6.45) is 1.97. The summed E-state index contributed by atoms with van der Waals surface area (Å²) in [5.74, 6) is -0.376. The molecule has 0 unspecified atom stereocenters. The predicted octanol–water partition coefficient (Wildman–Crippen LogP) is 2.80. The van der Waals surface area contributed by atoms with Crippen LogP contribution in [0.15, 0.2) is 28.7 Å². The van der Waals surface area contributed by atoms with Crippen LogP contribution in [0.25, 0.3) is 0 Å². The Kier molecular flexibility index (Phi) is 3.61. The zero-order valence-electron chi connectivity index (χ0n) is 8.73. The van der Waals surface area contributed by atoms with E-state index in [9.17, 15) is 4.79 Å². The van der Waals surface area contributed by atoms with Crippen molar-refractivity contribution in [1.29, 1.82) is 0 Å². The lowest BCUT2D eigenvalue weighted by atomic mass is 9.77. The number of aliphatic carboxylic acids is 1. The van der Waals surface area contributed by atoms with Crippen LogP contribution in [0.5, 0.6) is 0 Å². The van der Waals surface area contributed by atoms with Gasteiger partial charge in [-0.25, -0.2) is 4.79 Å². The van der Waals surface area contributed by atoms with Gasteiger partial charge in [0.2, 0.25) is 0 Å². The minimum atomic E-state index is -0.896. The van der Waals surface area contributed by atoms with Crippen molar-refractivity contribution in [3.05, 3.63) is 34.3 Å². The summed E-state index contributed by atoms with van der Waals surface area (Å²) in [5.41, 5.74) is 1.30. The van der Waals surface area contributed by atoms with E-state index in [2.05, 4.69) is 28.1 Å². The molecule has 0 atom stereocenters. The van der Waals surface area contributed by atoms with E-state index in [0.29, 0.717) is 5.92 Å². The fourth-order valence-corrected chi connectivity index (χ4v) is 2.16. The van der Waals surface area contributed by atoms with Crippen LogP contribution in [0.1, 0.15) is 24.3 Å². The molecule has 0 amide bonds. The van der Waals surface area contributed by atoms with Gasteiger partial charge in [-0.2, -0.15) is 0 Å². The lowest BCUT2D eigenvalue weighted by Crippen LogP contribution is -2.31. The Hall–Kier alpha value is -0.870. The van der Waals surface area contributed by atoms with Gasteiger partial charge in [0, 0.05) is 4.47 Å². The number of ether oxygens (including phenoxy) is 1. The lowest BCUT2D eigenvalue weighted by Gasteiger charge is -2.35. The molecule has 2 rings (SSSR count). The molecule has 1 N–H and O–H groups in total. The molecule has 0 aliphatic heterocycles. The molecule has 1 fully saturated rings. The minimum absolute atomic E-state index is 0.116. The molecule has 4 heteroatoms. The third kappa shape index (κ3) is 2.83. The fraction of sp³-hybridized carbons (Fsp3) is 0.417. The first-order valence-electron chi connectivity index (χ1n) is 5.24. The van der Waals surface area contributed by atoms with E-state index in [-0.39, 0.29) is 12.7 Å². The van der Waals surface area contributed by atoms with E-state index in [0.717, 1.165) is 17.3 Å². The largest absolute Gasteiger partial charge is 0.480 e. The van der Waals surface area contributed by atoms with Gasteiger partial charge in [-0.1, -0.05) is 28.1 Å². The quantitative estimate of drug-likeness (QED) is 0.925. The highest BCUT2D eigenvalue weighted by Crippen LogP contribution is 2.38. The van der Waals surface area contributed by atoms with Crippen molar-refractivity contribution in [2.75, 3.05) is 6.61 Å². The molecule has 1 aromatic carbocycles. The van der Waals surface area contributed by atoms with Crippen LogP contribution in [0, 0.1) is 0 Å². The first kappa shape index (κ1) is 11.6. The van der Waals surface area contributed by atoms with E-state index in [4.69, 9.17) is 9.84 Å². The van der Waals surface area contributed by atoms with Crippen molar-refractivity contribution in [3.63, 3.8) is 0 Å². The van der Waals surface area contributed by atoms with Gasteiger partial charge in [-0.05, 0) is 36.5 Å². The molecule has 16 heavy (non-hydrogen) atoms. The minimum Gasteiger partial charge on any atom is -0.480 e. The smallest absolute Gasteiger partial charge is 0.329 e. The monoisotopic (exact) mass is 284 g/mol. The Morgan fingerprint density at radius 2 is 2.00 bits per heavy atom. The molecule has 1 aromatic rings. The van der Waals surface area contributed by atoms with Crippen LogP contribution in [0.3, 0.4) is 0 Å². The number of carbonyl (C=O) groups is 1. The number of halogens is 1. The summed E-state index contributed by atoms with van der Waals surface area (Å²) in [6.45, 7) is -0.183. The number of hydrogen-bond acceptors (Lipinski definition) is 2. The Labute approximate surface area is 103 Å². The van der Waals surface area contributed by atoms with Crippen LogP contribution in [0.2, 0.25) is 0 Å². The molecule has 0 heterocycles. The SMILES string of the molecule is O=C(O)COC1CC(c2ccc(Br)cc2)C1. The molecule has 1 saturated carbocycles. The number of hydrogen-bond donors (Lipinski definition) is 1. The molecule has 3 nitrogen and oxygen atoms in total. The predicted molar refractivity (Wildman–Crippen MR) is 63.5 cm³/mol. The van der Waals surface area contributed by atoms with Gasteiger partial charge in [0.1, 0.15) is 6.61 Å². The average Bonchev–Trinajstić information content (AvgIpc) is 2.18. The van der Waals surface area contributed by atoms with Gasteiger partial charge in [0.05, 0.1) is 6.10 Å². The first-order chi connectivity index (χ1) is 7.65. The summed E-state index contributed by atoms with van der Waals surface area (Å²) in [4.78, 5) is 10.3. The summed E-state index contributed by atoms with van der Waals surface area (Å²) >= 11 is 3.40. The van der Waals surface area contributed by atoms with E-state index in [1.54, 1.807) is 0 Å². The number of rotatable bonds is 4. The van der Waals surface area contributed by atoms with E-state index < -0.39 is 5.97 Å². The molecule has 0 radical (unpaired) electrons. The van der Waals surface area contributed by atoms with Crippen LogP contribution in [-0.4, -0.2) is 23.8 Å². The van der Waals surface area contributed by atoms with Crippen molar-refractivity contribution >= 4 is 21.9 Å². The molecule has 0 saturated heterocycles. The fourth-order valence-electron chi connectivity index (χ4n) is 1.90. The van der Waals surface area contributed by atoms with Crippen molar-refractivity contribution in [1.82, 2.24) is 0 Å². The maximum Gasteiger partial charge on any atom is 0.329 e. The van der Waals surface area contributed by atoms with Crippen molar-refractivity contribution in [3.8, 4) is 0 Å². The Morgan fingerprint density at radius 3 is 2.56 bits per heavy atom. The normalized spacial score (nSPS) is 23.8. The third-order valence-electron chi connectivity index (χ3n) is 2.88. The van der Waals surface area contributed by atoms with Gasteiger partial charge in [-0.15, -0.1) is 0 Å². The van der Waals surface area contributed by atoms with Gasteiger partial charge >= 0.3 is 5.97 Å². The third-order valence-corrected chi connectivity index (χ3v) is 3.41. The number of benzene rings is 1. The first-order valence-corrected chi connectivity index (χ1v) is 6.03. The van der Waals surface area contributed by atoms with E-state index in [1.165, 1.54) is 5.56 Å². The zero-order chi connectivity index (χ0) is 11.5. The second-order valence-corrected chi connectivity index (χ2v) is 4.96. The highest BCUT2D eigenvalue weighted by Gasteiger charge is 2.31. The number of carboxylic acids is 1. The topological polar surface area (TPSA) is 46.5 Å². The Morgan fingerprint density at radius 1 is 1.38 bits per heavy atom. The van der Waals surface area contributed by atoms with Gasteiger partial charge < -0.3 is 9.84 Å². The Balaban J connectivity index is 1.79. The molecule has 0 aromatic heterocycles. The van der Waals surface area contributed by atoms with E-state index >= 15 is 0 Å². The van der Waals surface area contributed by atoms with Crippen molar-refractivity contribution in [2.45, 2.75) is 24.9 Å². The summed E-state index contributed by atoms with van der Waals surface area (Å²) in [7, 11) is 0. The Bertz CT molecular complexity index is 368. The molecular weight excluding hydrogens is 272 g/mol. The van der Waals surface area contributed by atoms with Crippen LogP contribution in [-0.2, 0) is 9.53 Å². The molecule has 0 spiro atoms. The second kappa shape index (κ2) is 4.97. The summed E-state index contributed by atoms with van der Waals surface area (Å²) in [5, 5.41) is 8.47. The van der Waals surface area contributed by atoms with Crippen LogP contribution in [0.4, 0.5) is 0 Å². The van der Waals surface area contributed by atoms with Gasteiger partial charge in [-0.3, -0.25) is 0 Å². The van der Waals surface area contributed by atoms with Crippen LogP contribution >= 0.6 is 15.9 Å². The van der Waals surface area contributed by atoms with Crippen LogP contribution < -0.4 is 0 Å². The van der Waals surface area contributed by atoms with Crippen molar-refractivity contribution < 1.29 is 14.6 Å². The van der Waals surface area contributed by atoms with Gasteiger partial charge in [0.15, 0.2) is 0 Å². The standard InChI is InChI=1S/C12H13BrO3/c13-10-3-1-8(2-4-10)9-5-11(6-9)16-7-12(14)15/h1-4,9,11H,5-7H2,(H,14,15). The molecule has 86 valence electrons. The highest BCUT2D eigenvalue weighted by molar-refractivity contribution is 9.10. The maximum absolute atomic E-state index is 10.3. The average molecular weight is 285 g/mol.